The monoisotopic (exact) mass is 341 g/mol. The molecule has 0 atom stereocenters. The van der Waals surface area contributed by atoms with Gasteiger partial charge in [-0.2, -0.15) is 0 Å². The Balaban J connectivity index is 0. The molecule has 98 valence electrons. The van der Waals surface area contributed by atoms with Gasteiger partial charge in [0.25, 0.3) is 0 Å². The first-order chi connectivity index (χ1) is 6.87. The van der Waals surface area contributed by atoms with Crippen LogP contribution in [0.3, 0.4) is 0 Å². The van der Waals surface area contributed by atoms with Crippen molar-refractivity contribution in [3.63, 3.8) is 0 Å². The van der Waals surface area contributed by atoms with E-state index in [1.165, 1.54) is 6.42 Å². The minimum atomic E-state index is 0. The number of hydrogen-bond donors (Lipinski definition) is 2. The van der Waals surface area contributed by atoms with Crippen molar-refractivity contribution in [2.45, 2.75) is 47.5 Å². The molecule has 0 aromatic carbocycles. The number of nitrogens with one attached hydrogen (secondary N) is 1. The summed E-state index contributed by atoms with van der Waals surface area (Å²) in [5, 5.41) is 3.09. The van der Waals surface area contributed by atoms with E-state index in [9.17, 15) is 0 Å². The summed E-state index contributed by atoms with van der Waals surface area (Å²) >= 11 is 0. The summed E-state index contributed by atoms with van der Waals surface area (Å²) < 4.78 is 0. The van der Waals surface area contributed by atoms with Gasteiger partial charge in [0.2, 0.25) is 0 Å². The second-order valence-corrected chi connectivity index (χ2v) is 5.39. The van der Waals surface area contributed by atoms with Crippen molar-refractivity contribution < 1.29 is 0 Å². The maximum absolute atomic E-state index is 5.74. The largest absolute Gasteiger partial charge is 0.370 e. The summed E-state index contributed by atoms with van der Waals surface area (Å²) in [5.74, 6) is 1.29. The Bertz CT molecular complexity index is 200. The fraction of sp³-hybridized carbons (Fsp3) is 0.917. The van der Waals surface area contributed by atoms with Crippen LogP contribution in [0, 0.1) is 11.3 Å². The van der Waals surface area contributed by atoms with Crippen LogP contribution in [-0.4, -0.2) is 19.0 Å². The van der Waals surface area contributed by atoms with Crippen LogP contribution in [0.15, 0.2) is 4.99 Å². The molecule has 3 nitrogen and oxygen atoms in total. The second kappa shape index (κ2) is 9.07. The van der Waals surface area contributed by atoms with Crippen LogP contribution in [-0.2, 0) is 0 Å². The Hall–Kier alpha value is 0. The van der Waals surface area contributed by atoms with Crippen LogP contribution in [0.4, 0.5) is 0 Å². The lowest BCUT2D eigenvalue weighted by atomic mass is 9.84. The third-order valence-corrected chi connectivity index (χ3v) is 2.19. The molecule has 4 heteroatoms. The number of rotatable bonds is 6. The van der Waals surface area contributed by atoms with Gasteiger partial charge in [-0.25, -0.2) is 0 Å². The Morgan fingerprint density at radius 3 is 2.38 bits per heavy atom. The molecule has 0 heterocycles. The van der Waals surface area contributed by atoms with Gasteiger partial charge in [0.05, 0.1) is 0 Å². The molecule has 0 unspecified atom stereocenters. The Morgan fingerprint density at radius 2 is 1.94 bits per heavy atom. The van der Waals surface area contributed by atoms with Gasteiger partial charge in [0.15, 0.2) is 5.96 Å². The van der Waals surface area contributed by atoms with Crippen molar-refractivity contribution >= 4 is 29.9 Å². The van der Waals surface area contributed by atoms with E-state index in [-0.39, 0.29) is 29.4 Å². The molecule has 0 amide bonds. The summed E-state index contributed by atoms with van der Waals surface area (Å²) in [5.41, 5.74) is 5.98. The molecule has 0 aliphatic carbocycles. The highest BCUT2D eigenvalue weighted by Gasteiger charge is 2.18. The molecule has 0 bridgehead atoms. The smallest absolute Gasteiger partial charge is 0.188 e. The predicted molar refractivity (Wildman–Crippen MR) is 83.4 cm³/mol. The van der Waals surface area contributed by atoms with E-state index in [1.807, 2.05) is 0 Å². The fourth-order valence-electron chi connectivity index (χ4n) is 1.78. The van der Waals surface area contributed by atoms with Crippen LogP contribution < -0.4 is 11.1 Å². The van der Waals surface area contributed by atoms with Gasteiger partial charge < -0.3 is 11.1 Å². The zero-order valence-electron chi connectivity index (χ0n) is 11.3. The standard InChI is InChI=1S/C12H27N3.HI/c1-6-7-14-11(13)15-9-12(4,5)8-10(2)3;/h10H,6-9H2,1-5H3,(H3,13,14,15);1H. The van der Waals surface area contributed by atoms with E-state index < -0.39 is 0 Å². The number of hydrogen-bond acceptors (Lipinski definition) is 1. The number of guanidine groups is 1. The van der Waals surface area contributed by atoms with Crippen molar-refractivity contribution in [3.05, 3.63) is 0 Å². The SMILES string of the molecule is CCCNC(N)=NCC(C)(C)CC(C)C.I. The van der Waals surface area contributed by atoms with E-state index in [1.54, 1.807) is 0 Å². The molecule has 3 N–H and O–H groups in total. The molecule has 0 saturated carbocycles. The first-order valence-electron chi connectivity index (χ1n) is 5.91. The molecule has 0 aliphatic heterocycles. The van der Waals surface area contributed by atoms with Crippen LogP contribution in [0.2, 0.25) is 0 Å². The summed E-state index contributed by atoms with van der Waals surface area (Å²) in [6, 6.07) is 0. The summed E-state index contributed by atoms with van der Waals surface area (Å²) in [6.45, 7) is 12.8. The summed E-state index contributed by atoms with van der Waals surface area (Å²) in [7, 11) is 0. The molecule has 0 spiro atoms. The van der Waals surface area contributed by atoms with Crippen LogP contribution in [0.1, 0.15) is 47.5 Å². The number of halogens is 1. The lowest BCUT2D eigenvalue weighted by Crippen LogP contribution is -2.33. The van der Waals surface area contributed by atoms with Crippen molar-refractivity contribution in [1.82, 2.24) is 5.32 Å². The highest BCUT2D eigenvalue weighted by atomic mass is 127. The molecule has 16 heavy (non-hydrogen) atoms. The Morgan fingerprint density at radius 1 is 1.38 bits per heavy atom. The number of nitrogens with two attached hydrogens (primary N) is 1. The van der Waals surface area contributed by atoms with Crippen LogP contribution in [0.25, 0.3) is 0 Å². The zero-order chi connectivity index (χ0) is 11.9. The summed E-state index contributed by atoms with van der Waals surface area (Å²) in [4.78, 5) is 4.37. The number of aliphatic imine (C=N–C) groups is 1. The molecule has 0 radical (unpaired) electrons. The molecule has 0 aliphatic rings. The minimum Gasteiger partial charge on any atom is -0.370 e. The van der Waals surface area contributed by atoms with Gasteiger partial charge in [0.1, 0.15) is 0 Å². The lowest BCUT2D eigenvalue weighted by molar-refractivity contribution is 0.298. The average Bonchev–Trinajstić information content (AvgIpc) is 2.09. The second-order valence-electron chi connectivity index (χ2n) is 5.39. The van der Waals surface area contributed by atoms with Gasteiger partial charge in [-0.15, -0.1) is 24.0 Å². The van der Waals surface area contributed by atoms with E-state index >= 15 is 0 Å². The maximum atomic E-state index is 5.74. The normalized spacial score (nSPS) is 12.5. The molecular formula is C12H28IN3. The van der Waals surface area contributed by atoms with Crippen molar-refractivity contribution in [3.8, 4) is 0 Å². The molecule has 0 rings (SSSR count). The highest BCUT2D eigenvalue weighted by Crippen LogP contribution is 2.25. The highest BCUT2D eigenvalue weighted by molar-refractivity contribution is 14.0. The maximum Gasteiger partial charge on any atom is 0.188 e. The molecule has 0 aromatic rings. The van der Waals surface area contributed by atoms with Crippen LogP contribution in [0.5, 0.6) is 0 Å². The summed E-state index contributed by atoms with van der Waals surface area (Å²) in [6.07, 6.45) is 2.25. The lowest BCUT2D eigenvalue weighted by Gasteiger charge is -2.24. The van der Waals surface area contributed by atoms with Crippen molar-refractivity contribution in [1.29, 1.82) is 0 Å². The quantitative estimate of drug-likeness (QED) is 0.443. The predicted octanol–water partition coefficient (Wildman–Crippen LogP) is 2.99. The Labute approximate surface area is 118 Å². The molecule has 0 saturated heterocycles. The third-order valence-electron chi connectivity index (χ3n) is 2.19. The first-order valence-corrected chi connectivity index (χ1v) is 5.91. The Kier molecular flexibility index (Phi) is 10.4. The van der Waals surface area contributed by atoms with Crippen molar-refractivity contribution in [2.75, 3.05) is 13.1 Å². The van der Waals surface area contributed by atoms with E-state index in [2.05, 4.69) is 44.9 Å². The van der Waals surface area contributed by atoms with Crippen LogP contribution >= 0.6 is 24.0 Å². The molecular weight excluding hydrogens is 313 g/mol. The zero-order valence-corrected chi connectivity index (χ0v) is 13.7. The topological polar surface area (TPSA) is 50.4 Å². The van der Waals surface area contributed by atoms with E-state index in [0.29, 0.717) is 11.9 Å². The van der Waals surface area contributed by atoms with Gasteiger partial charge in [-0.1, -0.05) is 34.6 Å². The van der Waals surface area contributed by atoms with E-state index in [0.717, 1.165) is 19.5 Å². The third kappa shape index (κ3) is 10.5. The first kappa shape index (κ1) is 18.4. The van der Waals surface area contributed by atoms with Gasteiger partial charge in [0, 0.05) is 13.1 Å². The van der Waals surface area contributed by atoms with Gasteiger partial charge in [-0.05, 0) is 24.2 Å². The van der Waals surface area contributed by atoms with Gasteiger partial charge >= 0.3 is 0 Å². The average molecular weight is 341 g/mol. The van der Waals surface area contributed by atoms with Crippen molar-refractivity contribution in [2.24, 2.45) is 22.1 Å². The van der Waals surface area contributed by atoms with Gasteiger partial charge in [-0.3, -0.25) is 4.99 Å². The number of nitrogens with zero attached hydrogens (tertiary/aromatic N) is 1. The molecule has 0 aromatic heterocycles. The fourth-order valence-corrected chi connectivity index (χ4v) is 1.78. The van der Waals surface area contributed by atoms with E-state index in [4.69, 9.17) is 5.73 Å². The minimum absolute atomic E-state index is 0. The molecule has 0 fully saturated rings.